The van der Waals surface area contributed by atoms with E-state index in [0.717, 1.165) is 22.3 Å². The van der Waals surface area contributed by atoms with Crippen molar-refractivity contribution in [3.63, 3.8) is 0 Å². The van der Waals surface area contributed by atoms with Gasteiger partial charge in [-0.15, -0.1) is 10.2 Å². The highest BCUT2D eigenvalue weighted by atomic mass is 79.9. The second kappa shape index (κ2) is 6.23. The van der Waals surface area contributed by atoms with Gasteiger partial charge in [0, 0.05) is 23.5 Å². The first-order chi connectivity index (χ1) is 10.5. The lowest BCUT2D eigenvalue weighted by molar-refractivity contribution is 0.318. The molecule has 118 valence electrons. The predicted molar refractivity (Wildman–Crippen MR) is 89.2 cm³/mol. The van der Waals surface area contributed by atoms with E-state index in [1.54, 1.807) is 24.3 Å². The highest BCUT2D eigenvalue weighted by molar-refractivity contribution is 9.10. The van der Waals surface area contributed by atoms with E-state index in [0.29, 0.717) is 23.1 Å². The molecule has 1 aromatic carbocycles. The Bertz CT molecular complexity index is 753. The first-order valence-corrected chi connectivity index (χ1v) is 9.86. The fraction of sp³-hybridized carbons (Fsp3) is 0.385. The summed E-state index contributed by atoms with van der Waals surface area (Å²) in [5, 5.41) is 9.25. The summed E-state index contributed by atoms with van der Waals surface area (Å²) in [7, 11) is -3.42. The van der Waals surface area contributed by atoms with E-state index in [-0.39, 0.29) is 5.92 Å². The van der Waals surface area contributed by atoms with Crippen molar-refractivity contribution in [3.8, 4) is 0 Å². The zero-order valence-corrected chi connectivity index (χ0v) is 14.9. The molecule has 0 bridgehead atoms. The Hall–Kier alpha value is -1.03. The third kappa shape index (κ3) is 3.17. The maximum Gasteiger partial charge on any atom is 0.243 e. The number of rotatable bonds is 3. The molecular formula is C13H15BrN4O2S2. The van der Waals surface area contributed by atoms with Gasteiger partial charge in [-0.25, -0.2) is 8.42 Å². The number of nitrogen functional groups attached to an aromatic ring is 1. The lowest BCUT2D eigenvalue weighted by Crippen LogP contribution is -2.37. The number of anilines is 1. The molecule has 1 saturated heterocycles. The molecule has 1 aliphatic heterocycles. The highest BCUT2D eigenvalue weighted by Crippen LogP contribution is 2.32. The molecule has 22 heavy (non-hydrogen) atoms. The van der Waals surface area contributed by atoms with Gasteiger partial charge in [0.05, 0.1) is 4.90 Å². The molecule has 0 unspecified atom stereocenters. The van der Waals surface area contributed by atoms with Gasteiger partial charge in [-0.2, -0.15) is 4.31 Å². The molecule has 2 heterocycles. The minimum absolute atomic E-state index is 0.242. The van der Waals surface area contributed by atoms with Crippen molar-refractivity contribution in [2.24, 2.45) is 0 Å². The molecule has 9 heteroatoms. The summed E-state index contributed by atoms with van der Waals surface area (Å²) in [5.74, 6) is 0.242. The van der Waals surface area contributed by atoms with Crippen molar-refractivity contribution in [1.29, 1.82) is 0 Å². The molecule has 0 amide bonds. The smallest absolute Gasteiger partial charge is 0.243 e. The van der Waals surface area contributed by atoms with Gasteiger partial charge < -0.3 is 5.73 Å². The third-order valence-electron chi connectivity index (χ3n) is 3.71. The molecule has 6 nitrogen and oxygen atoms in total. The number of sulfonamides is 1. The Balaban J connectivity index is 1.71. The number of nitrogens with two attached hydrogens (primary N) is 1. The molecular weight excluding hydrogens is 388 g/mol. The lowest BCUT2D eigenvalue weighted by atomic mass is 9.99. The van der Waals surface area contributed by atoms with Gasteiger partial charge in [0.2, 0.25) is 15.2 Å². The van der Waals surface area contributed by atoms with Crippen molar-refractivity contribution < 1.29 is 8.42 Å². The van der Waals surface area contributed by atoms with Crippen molar-refractivity contribution in [2.75, 3.05) is 18.8 Å². The minimum Gasteiger partial charge on any atom is -0.374 e. The van der Waals surface area contributed by atoms with Gasteiger partial charge in [-0.1, -0.05) is 27.3 Å². The van der Waals surface area contributed by atoms with Gasteiger partial charge in [0.25, 0.3) is 0 Å². The zero-order valence-electron chi connectivity index (χ0n) is 11.6. The summed E-state index contributed by atoms with van der Waals surface area (Å²) in [6.07, 6.45) is 1.48. The van der Waals surface area contributed by atoms with Gasteiger partial charge in [-0.3, -0.25) is 0 Å². The predicted octanol–water partition coefficient (Wildman–Crippen LogP) is 2.45. The van der Waals surface area contributed by atoms with Crippen LogP contribution in [-0.4, -0.2) is 36.0 Å². The SMILES string of the molecule is Nc1nnc(C2CCN(S(=O)(=O)c3ccc(Br)cc3)CC2)s1. The molecule has 3 rings (SSSR count). The molecule has 1 aromatic heterocycles. The van der Waals surface area contributed by atoms with Crippen LogP contribution in [-0.2, 0) is 10.0 Å². The molecule has 1 aliphatic rings. The monoisotopic (exact) mass is 402 g/mol. The van der Waals surface area contributed by atoms with Crippen LogP contribution in [0.5, 0.6) is 0 Å². The van der Waals surface area contributed by atoms with Crippen LogP contribution in [0.3, 0.4) is 0 Å². The number of aromatic nitrogens is 2. The Morgan fingerprint density at radius 3 is 2.36 bits per heavy atom. The largest absolute Gasteiger partial charge is 0.374 e. The van der Waals surface area contributed by atoms with E-state index in [2.05, 4.69) is 26.1 Å². The van der Waals surface area contributed by atoms with Gasteiger partial charge in [-0.05, 0) is 37.1 Å². The molecule has 2 aromatic rings. The maximum absolute atomic E-state index is 12.6. The van der Waals surface area contributed by atoms with Gasteiger partial charge >= 0.3 is 0 Å². The summed E-state index contributed by atoms with van der Waals surface area (Å²) in [6.45, 7) is 0.977. The van der Waals surface area contributed by atoms with Crippen LogP contribution in [0.25, 0.3) is 0 Å². The van der Waals surface area contributed by atoms with E-state index in [4.69, 9.17) is 5.73 Å². The van der Waals surface area contributed by atoms with Crippen molar-refractivity contribution >= 4 is 42.4 Å². The quantitative estimate of drug-likeness (QED) is 0.851. The van der Waals surface area contributed by atoms with Gasteiger partial charge in [0.15, 0.2) is 0 Å². The Kier molecular flexibility index (Phi) is 4.49. The first kappa shape index (κ1) is 15.9. The van der Waals surface area contributed by atoms with E-state index < -0.39 is 10.0 Å². The van der Waals surface area contributed by atoms with Crippen LogP contribution >= 0.6 is 27.3 Å². The van der Waals surface area contributed by atoms with Crippen LogP contribution in [0.2, 0.25) is 0 Å². The summed E-state index contributed by atoms with van der Waals surface area (Å²) < 4.78 is 27.6. The fourth-order valence-electron chi connectivity index (χ4n) is 2.51. The number of piperidine rings is 1. The molecule has 0 saturated carbocycles. The molecule has 2 N–H and O–H groups in total. The Morgan fingerprint density at radius 1 is 1.18 bits per heavy atom. The number of nitrogens with zero attached hydrogens (tertiary/aromatic N) is 3. The first-order valence-electron chi connectivity index (χ1n) is 6.81. The highest BCUT2D eigenvalue weighted by Gasteiger charge is 2.31. The number of hydrogen-bond donors (Lipinski definition) is 1. The standard InChI is InChI=1S/C13H15BrN4O2S2/c14-10-1-3-11(4-2-10)22(19,20)18-7-5-9(6-8-18)12-16-17-13(15)21-12/h1-4,9H,5-8H2,(H2,15,17). The second-order valence-corrected chi connectivity index (χ2v) is 9.01. The van der Waals surface area contributed by atoms with Crippen molar-refractivity contribution in [3.05, 3.63) is 33.7 Å². The number of halogens is 1. The molecule has 0 radical (unpaired) electrons. The third-order valence-corrected chi connectivity index (χ3v) is 7.07. The summed E-state index contributed by atoms with van der Waals surface area (Å²) in [4.78, 5) is 0.328. The van der Waals surface area contributed by atoms with E-state index in [1.807, 2.05) is 0 Å². The topological polar surface area (TPSA) is 89.2 Å². The molecule has 0 atom stereocenters. The normalized spacial score (nSPS) is 17.7. The summed E-state index contributed by atoms with van der Waals surface area (Å²) in [5.41, 5.74) is 5.60. The van der Waals surface area contributed by atoms with E-state index in [1.165, 1.54) is 15.6 Å². The molecule has 0 aliphatic carbocycles. The van der Waals surface area contributed by atoms with Crippen LogP contribution in [0.4, 0.5) is 5.13 Å². The maximum atomic E-state index is 12.6. The average Bonchev–Trinajstić information content (AvgIpc) is 2.94. The Morgan fingerprint density at radius 2 is 1.82 bits per heavy atom. The molecule has 0 spiro atoms. The van der Waals surface area contributed by atoms with Crippen LogP contribution < -0.4 is 5.73 Å². The second-order valence-electron chi connectivity index (χ2n) is 5.11. The number of hydrogen-bond acceptors (Lipinski definition) is 6. The van der Waals surface area contributed by atoms with Crippen LogP contribution in [0.15, 0.2) is 33.6 Å². The lowest BCUT2D eigenvalue weighted by Gasteiger charge is -2.30. The average molecular weight is 403 g/mol. The van der Waals surface area contributed by atoms with Gasteiger partial charge in [0.1, 0.15) is 5.01 Å². The van der Waals surface area contributed by atoms with Crippen molar-refractivity contribution in [1.82, 2.24) is 14.5 Å². The van der Waals surface area contributed by atoms with E-state index in [9.17, 15) is 8.42 Å². The zero-order chi connectivity index (χ0) is 15.7. The van der Waals surface area contributed by atoms with Crippen LogP contribution in [0.1, 0.15) is 23.8 Å². The fourth-order valence-corrected chi connectivity index (χ4v) is 5.02. The van der Waals surface area contributed by atoms with Crippen molar-refractivity contribution in [2.45, 2.75) is 23.7 Å². The molecule has 1 fully saturated rings. The summed E-state index contributed by atoms with van der Waals surface area (Å²) >= 11 is 4.70. The van der Waals surface area contributed by atoms with E-state index >= 15 is 0 Å². The van der Waals surface area contributed by atoms with Crippen LogP contribution in [0, 0.1) is 0 Å². The minimum atomic E-state index is -3.42. The number of benzene rings is 1. The Labute approximate surface area is 141 Å². The summed E-state index contributed by atoms with van der Waals surface area (Å²) in [6, 6.07) is 6.72.